The van der Waals surface area contributed by atoms with Crippen LogP contribution in [0.1, 0.15) is 22.8 Å². The van der Waals surface area contributed by atoms with Gasteiger partial charge in [0.25, 0.3) is 5.91 Å². The van der Waals surface area contributed by atoms with Gasteiger partial charge in [-0.15, -0.1) is 0 Å². The minimum Gasteiger partial charge on any atom is -0.463 e. The van der Waals surface area contributed by atoms with Crippen LogP contribution in [0.4, 0.5) is 0 Å². The standard InChI is InChI=1S/C24H20N2O4/c1-16(23(27)25-15-17-8-3-2-4-9-17)30-24(28)19-14-21(22-12-7-13-29-22)26-20-11-6-5-10-18(19)20/h2-14,16H,15H2,1H3,(H,25,27). The number of benzene rings is 2. The highest BCUT2D eigenvalue weighted by molar-refractivity contribution is 6.05. The molecule has 1 N–H and O–H groups in total. The third-order valence-corrected chi connectivity index (χ3v) is 4.67. The van der Waals surface area contributed by atoms with Crippen molar-refractivity contribution in [2.45, 2.75) is 19.6 Å². The maximum Gasteiger partial charge on any atom is 0.339 e. The zero-order chi connectivity index (χ0) is 20.9. The number of esters is 1. The molecule has 6 nitrogen and oxygen atoms in total. The molecule has 0 saturated carbocycles. The van der Waals surface area contributed by atoms with Gasteiger partial charge in [0.05, 0.1) is 17.3 Å². The number of carbonyl (C=O) groups is 2. The Hall–Kier alpha value is -3.93. The Bertz CT molecular complexity index is 1170. The lowest BCUT2D eigenvalue weighted by molar-refractivity contribution is -0.129. The average molecular weight is 400 g/mol. The largest absolute Gasteiger partial charge is 0.463 e. The molecule has 2 heterocycles. The normalized spacial score (nSPS) is 11.8. The third kappa shape index (κ3) is 4.22. The molecule has 0 aliphatic rings. The minimum absolute atomic E-state index is 0.328. The smallest absolute Gasteiger partial charge is 0.339 e. The van der Waals surface area contributed by atoms with Crippen molar-refractivity contribution >= 4 is 22.8 Å². The molecular weight excluding hydrogens is 380 g/mol. The van der Waals surface area contributed by atoms with E-state index in [9.17, 15) is 9.59 Å². The molecular formula is C24H20N2O4. The van der Waals surface area contributed by atoms with Crippen LogP contribution in [0.3, 0.4) is 0 Å². The first-order valence-electron chi connectivity index (χ1n) is 9.58. The summed E-state index contributed by atoms with van der Waals surface area (Å²) < 4.78 is 10.9. The molecule has 0 bridgehead atoms. The maximum absolute atomic E-state index is 12.9. The molecule has 0 saturated heterocycles. The van der Waals surface area contributed by atoms with Crippen molar-refractivity contribution in [3.8, 4) is 11.5 Å². The van der Waals surface area contributed by atoms with Gasteiger partial charge in [-0.1, -0.05) is 48.5 Å². The molecule has 150 valence electrons. The van der Waals surface area contributed by atoms with E-state index in [-0.39, 0.29) is 5.91 Å². The van der Waals surface area contributed by atoms with Gasteiger partial charge < -0.3 is 14.5 Å². The van der Waals surface area contributed by atoms with Crippen LogP contribution in [0.15, 0.2) is 83.5 Å². The number of para-hydroxylation sites is 1. The van der Waals surface area contributed by atoms with Crippen LogP contribution in [-0.4, -0.2) is 23.0 Å². The van der Waals surface area contributed by atoms with E-state index in [0.717, 1.165) is 5.56 Å². The Morgan fingerprint density at radius 3 is 2.57 bits per heavy atom. The van der Waals surface area contributed by atoms with Crippen LogP contribution in [0, 0.1) is 0 Å². The second-order valence-electron chi connectivity index (χ2n) is 6.80. The molecule has 1 amide bonds. The first kappa shape index (κ1) is 19.4. The predicted octanol–water partition coefficient (Wildman–Crippen LogP) is 4.36. The summed E-state index contributed by atoms with van der Waals surface area (Å²) in [6, 6.07) is 22.0. The number of aromatic nitrogens is 1. The third-order valence-electron chi connectivity index (χ3n) is 4.67. The van der Waals surface area contributed by atoms with E-state index in [0.29, 0.717) is 34.5 Å². The number of hydrogen-bond acceptors (Lipinski definition) is 5. The monoisotopic (exact) mass is 400 g/mol. The Morgan fingerprint density at radius 1 is 1.03 bits per heavy atom. The van der Waals surface area contributed by atoms with Crippen molar-refractivity contribution in [3.05, 3.63) is 90.2 Å². The van der Waals surface area contributed by atoms with Crippen LogP contribution in [0.5, 0.6) is 0 Å². The van der Waals surface area contributed by atoms with E-state index < -0.39 is 12.1 Å². The van der Waals surface area contributed by atoms with Crippen LogP contribution in [-0.2, 0) is 16.1 Å². The zero-order valence-corrected chi connectivity index (χ0v) is 16.4. The average Bonchev–Trinajstić information content (AvgIpc) is 3.32. The van der Waals surface area contributed by atoms with Crippen molar-refractivity contribution in [2.75, 3.05) is 0 Å². The predicted molar refractivity (Wildman–Crippen MR) is 113 cm³/mol. The summed E-state index contributed by atoms with van der Waals surface area (Å²) in [5.74, 6) is -0.413. The molecule has 0 aliphatic carbocycles. The molecule has 30 heavy (non-hydrogen) atoms. The van der Waals surface area contributed by atoms with Gasteiger partial charge in [0, 0.05) is 11.9 Å². The molecule has 2 aromatic heterocycles. The lowest BCUT2D eigenvalue weighted by Crippen LogP contribution is -2.35. The topological polar surface area (TPSA) is 81.4 Å². The fourth-order valence-electron chi connectivity index (χ4n) is 3.10. The summed E-state index contributed by atoms with van der Waals surface area (Å²) >= 11 is 0. The van der Waals surface area contributed by atoms with Gasteiger partial charge >= 0.3 is 5.97 Å². The summed E-state index contributed by atoms with van der Waals surface area (Å²) in [6.45, 7) is 1.91. The van der Waals surface area contributed by atoms with Gasteiger partial charge in [-0.2, -0.15) is 0 Å². The van der Waals surface area contributed by atoms with E-state index in [1.165, 1.54) is 0 Å². The number of ether oxygens (including phenoxy) is 1. The fourth-order valence-corrected chi connectivity index (χ4v) is 3.10. The Kier molecular flexibility index (Phi) is 5.57. The molecule has 0 radical (unpaired) electrons. The second kappa shape index (κ2) is 8.61. The number of amides is 1. The van der Waals surface area contributed by atoms with Crippen LogP contribution in [0.2, 0.25) is 0 Å². The van der Waals surface area contributed by atoms with Crippen molar-refractivity contribution < 1.29 is 18.7 Å². The summed E-state index contributed by atoms with van der Waals surface area (Å²) in [5.41, 5.74) is 2.45. The van der Waals surface area contributed by atoms with E-state index in [1.807, 2.05) is 48.5 Å². The quantitative estimate of drug-likeness (QED) is 0.487. The SMILES string of the molecule is CC(OC(=O)c1cc(-c2ccco2)nc2ccccc12)C(=O)NCc1ccccc1. The van der Waals surface area contributed by atoms with Gasteiger partial charge in [0.1, 0.15) is 5.69 Å². The van der Waals surface area contributed by atoms with Crippen LogP contribution in [0.25, 0.3) is 22.4 Å². The van der Waals surface area contributed by atoms with Gasteiger partial charge in [0.15, 0.2) is 11.9 Å². The van der Waals surface area contributed by atoms with Crippen molar-refractivity contribution in [3.63, 3.8) is 0 Å². The molecule has 0 spiro atoms. The number of hydrogen-bond donors (Lipinski definition) is 1. The number of rotatable bonds is 6. The fraction of sp³-hybridized carbons (Fsp3) is 0.125. The summed E-state index contributed by atoms with van der Waals surface area (Å²) in [5, 5.41) is 3.43. The number of nitrogens with one attached hydrogen (secondary N) is 1. The van der Waals surface area contributed by atoms with Gasteiger partial charge in [-0.25, -0.2) is 9.78 Å². The second-order valence-corrected chi connectivity index (χ2v) is 6.80. The zero-order valence-electron chi connectivity index (χ0n) is 16.4. The van der Waals surface area contributed by atoms with Crippen LogP contribution >= 0.6 is 0 Å². The van der Waals surface area contributed by atoms with E-state index in [2.05, 4.69) is 10.3 Å². The summed E-state index contributed by atoms with van der Waals surface area (Å²) in [7, 11) is 0. The highest BCUT2D eigenvalue weighted by atomic mass is 16.5. The number of furan rings is 1. The highest BCUT2D eigenvalue weighted by Crippen LogP contribution is 2.26. The van der Waals surface area contributed by atoms with Crippen molar-refractivity contribution in [1.82, 2.24) is 10.3 Å². The van der Waals surface area contributed by atoms with E-state index >= 15 is 0 Å². The van der Waals surface area contributed by atoms with Crippen molar-refractivity contribution in [2.24, 2.45) is 0 Å². The highest BCUT2D eigenvalue weighted by Gasteiger charge is 2.22. The molecule has 0 aliphatic heterocycles. The molecule has 2 aromatic carbocycles. The lowest BCUT2D eigenvalue weighted by Gasteiger charge is -2.15. The minimum atomic E-state index is -0.944. The molecule has 4 rings (SSSR count). The van der Waals surface area contributed by atoms with Gasteiger partial charge in [-0.05, 0) is 36.8 Å². The number of fused-ring (bicyclic) bond motifs is 1. The first-order chi connectivity index (χ1) is 14.6. The Morgan fingerprint density at radius 2 is 1.80 bits per heavy atom. The van der Waals surface area contributed by atoms with Crippen LogP contribution < -0.4 is 5.32 Å². The number of pyridine rings is 1. The van der Waals surface area contributed by atoms with Gasteiger partial charge in [0.2, 0.25) is 0 Å². The lowest BCUT2D eigenvalue weighted by atomic mass is 10.1. The number of carbonyl (C=O) groups excluding carboxylic acids is 2. The Labute approximate surface area is 173 Å². The van der Waals surface area contributed by atoms with E-state index in [1.54, 1.807) is 37.5 Å². The summed E-state index contributed by atoms with van der Waals surface area (Å²) in [4.78, 5) is 29.9. The number of nitrogens with zero attached hydrogens (tertiary/aromatic N) is 1. The molecule has 0 fully saturated rings. The molecule has 1 atom stereocenters. The van der Waals surface area contributed by atoms with E-state index in [4.69, 9.17) is 9.15 Å². The summed E-state index contributed by atoms with van der Waals surface area (Å²) in [6.07, 6.45) is 0.601. The molecule has 6 heteroatoms. The Balaban J connectivity index is 1.53. The molecule has 1 unspecified atom stereocenters. The van der Waals surface area contributed by atoms with Gasteiger partial charge in [-0.3, -0.25) is 4.79 Å². The maximum atomic E-state index is 12.9. The molecule has 4 aromatic rings. The van der Waals surface area contributed by atoms with Crippen molar-refractivity contribution in [1.29, 1.82) is 0 Å². The first-order valence-corrected chi connectivity index (χ1v) is 9.58.